The molecule has 4 nitrogen and oxygen atoms in total. The average Bonchev–Trinajstić information content (AvgIpc) is 2.33. The Bertz CT molecular complexity index is 589. The van der Waals surface area contributed by atoms with Gasteiger partial charge in [-0.25, -0.2) is 4.98 Å². The van der Waals surface area contributed by atoms with Crippen molar-refractivity contribution in [3.8, 4) is 0 Å². The Hall–Kier alpha value is -2.08. The Labute approximate surface area is 106 Å². The number of aromatic nitrogens is 2. The predicted octanol–water partition coefficient (Wildman–Crippen LogP) is 2.66. The number of hydrogen-bond donors (Lipinski definition) is 1. The fraction of sp³-hybridized carbons (Fsp3) is 0. The van der Waals surface area contributed by atoms with E-state index in [-0.39, 0.29) is 11.4 Å². The molecule has 0 saturated carbocycles. The maximum absolute atomic E-state index is 13.2. The van der Waals surface area contributed by atoms with Crippen LogP contribution in [0.3, 0.4) is 0 Å². The van der Waals surface area contributed by atoms with Crippen molar-refractivity contribution < 1.29 is 13.6 Å². The van der Waals surface area contributed by atoms with Gasteiger partial charge in [-0.3, -0.25) is 4.79 Å². The van der Waals surface area contributed by atoms with Gasteiger partial charge in [-0.1, -0.05) is 11.6 Å². The standard InChI is InChI=1S/C11H6ClF2N3O/c12-6-1-2-8(15-5-6)11(18)16-7-3-4-9(13)17-10(7)14/h1-5H,(H,16,18). The number of hydrogen-bond acceptors (Lipinski definition) is 3. The number of nitrogens with zero attached hydrogens (tertiary/aromatic N) is 2. The fourth-order valence-corrected chi connectivity index (χ4v) is 1.31. The normalized spacial score (nSPS) is 10.2. The van der Waals surface area contributed by atoms with Gasteiger partial charge in [0.15, 0.2) is 0 Å². The number of carbonyl (C=O) groups is 1. The lowest BCUT2D eigenvalue weighted by atomic mass is 10.3. The highest BCUT2D eigenvalue weighted by atomic mass is 35.5. The molecule has 2 aromatic heterocycles. The van der Waals surface area contributed by atoms with Gasteiger partial charge in [0.05, 0.1) is 10.7 Å². The minimum absolute atomic E-state index is 0.0584. The number of pyridine rings is 2. The molecule has 0 atom stereocenters. The van der Waals surface area contributed by atoms with Crippen molar-refractivity contribution in [2.24, 2.45) is 0 Å². The van der Waals surface area contributed by atoms with Crippen LogP contribution in [0.4, 0.5) is 14.5 Å². The van der Waals surface area contributed by atoms with E-state index in [2.05, 4.69) is 15.3 Å². The van der Waals surface area contributed by atoms with Crippen molar-refractivity contribution in [3.05, 3.63) is 53.1 Å². The third-order valence-electron chi connectivity index (χ3n) is 2.02. The minimum atomic E-state index is -1.10. The number of anilines is 1. The molecule has 0 radical (unpaired) electrons. The van der Waals surface area contributed by atoms with E-state index in [9.17, 15) is 13.6 Å². The topological polar surface area (TPSA) is 54.9 Å². The molecule has 0 bridgehead atoms. The minimum Gasteiger partial charge on any atom is -0.317 e. The van der Waals surface area contributed by atoms with Crippen LogP contribution in [0.25, 0.3) is 0 Å². The molecule has 18 heavy (non-hydrogen) atoms. The van der Waals surface area contributed by atoms with E-state index in [0.717, 1.165) is 12.1 Å². The zero-order chi connectivity index (χ0) is 13.1. The van der Waals surface area contributed by atoms with E-state index >= 15 is 0 Å². The Morgan fingerprint density at radius 2 is 2.00 bits per heavy atom. The van der Waals surface area contributed by atoms with Crippen LogP contribution >= 0.6 is 11.6 Å². The highest BCUT2D eigenvalue weighted by molar-refractivity contribution is 6.30. The number of rotatable bonds is 2. The van der Waals surface area contributed by atoms with Gasteiger partial charge in [0.1, 0.15) is 5.69 Å². The van der Waals surface area contributed by atoms with Crippen LogP contribution in [0.15, 0.2) is 30.5 Å². The SMILES string of the molecule is O=C(Nc1ccc(F)nc1F)c1ccc(Cl)cn1. The van der Waals surface area contributed by atoms with Crippen LogP contribution in [0.1, 0.15) is 10.5 Å². The lowest BCUT2D eigenvalue weighted by Crippen LogP contribution is -2.15. The molecule has 7 heteroatoms. The van der Waals surface area contributed by atoms with Gasteiger partial charge in [0.25, 0.3) is 5.91 Å². The zero-order valence-corrected chi connectivity index (χ0v) is 9.58. The molecule has 1 N–H and O–H groups in total. The zero-order valence-electron chi connectivity index (χ0n) is 8.82. The quantitative estimate of drug-likeness (QED) is 0.853. The smallest absolute Gasteiger partial charge is 0.274 e. The predicted molar refractivity (Wildman–Crippen MR) is 61.4 cm³/mol. The Balaban J connectivity index is 2.18. The summed E-state index contributed by atoms with van der Waals surface area (Å²) >= 11 is 5.61. The number of nitrogens with one attached hydrogen (secondary N) is 1. The largest absolute Gasteiger partial charge is 0.317 e. The number of halogens is 3. The summed E-state index contributed by atoms with van der Waals surface area (Å²) in [6, 6.07) is 4.87. The van der Waals surface area contributed by atoms with E-state index < -0.39 is 17.8 Å². The lowest BCUT2D eigenvalue weighted by molar-refractivity contribution is 0.102. The van der Waals surface area contributed by atoms with E-state index in [0.29, 0.717) is 5.02 Å². The summed E-state index contributed by atoms with van der Waals surface area (Å²) in [5.74, 6) is -2.70. The second-order valence-electron chi connectivity index (χ2n) is 3.29. The molecule has 0 aromatic carbocycles. The highest BCUT2D eigenvalue weighted by Gasteiger charge is 2.11. The van der Waals surface area contributed by atoms with Gasteiger partial charge in [-0.05, 0) is 24.3 Å². The van der Waals surface area contributed by atoms with Crippen molar-refractivity contribution in [2.45, 2.75) is 0 Å². The van der Waals surface area contributed by atoms with Gasteiger partial charge in [-0.15, -0.1) is 0 Å². The summed E-state index contributed by atoms with van der Waals surface area (Å²) < 4.78 is 25.7. The molecule has 2 aromatic rings. The second kappa shape index (κ2) is 5.05. The molecule has 92 valence electrons. The molecule has 0 spiro atoms. The maximum Gasteiger partial charge on any atom is 0.274 e. The van der Waals surface area contributed by atoms with Gasteiger partial charge >= 0.3 is 0 Å². The molecule has 0 fully saturated rings. The maximum atomic E-state index is 13.2. The van der Waals surface area contributed by atoms with Crippen molar-refractivity contribution in [1.82, 2.24) is 9.97 Å². The summed E-state index contributed by atoms with van der Waals surface area (Å²) in [6.07, 6.45) is 1.29. The highest BCUT2D eigenvalue weighted by Crippen LogP contribution is 2.13. The van der Waals surface area contributed by atoms with Crippen molar-refractivity contribution in [3.63, 3.8) is 0 Å². The molecule has 0 aliphatic rings. The molecule has 0 unspecified atom stereocenters. The van der Waals surface area contributed by atoms with E-state index in [1.165, 1.54) is 18.3 Å². The summed E-state index contributed by atoms with van der Waals surface area (Å²) in [5, 5.41) is 2.60. The Kier molecular flexibility index (Phi) is 3.47. The third-order valence-corrected chi connectivity index (χ3v) is 2.25. The number of carbonyl (C=O) groups excluding carboxylic acids is 1. The van der Waals surface area contributed by atoms with Crippen molar-refractivity contribution in [1.29, 1.82) is 0 Å². The van der Waals surface area contributed by atoms with Crippen LogP contribution in [0.2, 0.25) is 5.02 Å². The molecule has 0 saturated heterocycles. The molecule has 2 rings (SSSR count). The first-order valence-corrected chi connectivity index (χ1v) is 5.19. The Morgan fingerprint density at radius 1 is 1.22 bits per heavy atom. The molecule has 0 aliphatic heterocycles. The molecule has 1 amide bonds. The van der Waals surface area contributed by atoms with E-state index in [1.807, 2.05) is 0 Å². The van der Waals surface area contributed by atoms with E-state index in [4.69, 9.17) is 11.6 Å². The van der Waals surface area contributed by atoms with Crippen molar-refractivity contribution in [2.75, 3.05) is 5.32 Å². The first-order valence-electron chi connectivity index (χ1n) is 4.81. The molecule has 0 aliphatic carbocycles. The third kappa shape index (κ3) is 2.78. The molecule has 2 heterocycles. The first-order chi connectivity index (χ1) is 8.56. The van der Waals surface area contributed by atoms with Crippen LogP contribution in [-0.4, -0.2) is 15.9 Å². The number of amides is 1. The lowest BCUT2D eigenvalue weighted by Gasteiger charge is -2.05. The van der Waals surface area contributed by atoms with Gasteiger partial charge in [0.2, 0.25) is 11.9 Å². The summed E-state index contributed by atoms with van der Waals surface area (Å²) in [5.41, 5.74) is -0.165. The summed E-state index contributed by atoms with van der Waals surface area (Å²) in [4.78, 5) is 18.4. The molecular weight excluding hydrogens is 264 g/mol. The van der Waals surface area contributed by atoms with Crippen LogP contribution in [0.5, 0.6) is 0 Å². The van der Waals surface area contributed by atoms with Gasteiger partial charge < -0.3 is 5.32 Å². The fourth-order valence-electron chi connectivity index (χ4n) is 1.20. The average molecular weight is 270 g/mol. The van der Waals surface area contributed by atoms with Crippen LogP contribution < -0.4 is 5.32 Å². The van der Waals surface area contributed by atoms with Crippen molar-refractivity contribution >= 4 is 23.2 Å². The summed E-state index contributed by atoms with van der Waals surface area (Å²) in [7, 11) is 0. The Morgan fingerprint density at radius 3 is 2.61 bits per heavy atom. The van der Waals surface area contributed by atoms with Crippen LogP contribution in [0, 0.1) is 11.9 Å². The summed E-state index contributed by atoms with van der Waals surface area (Å²) in [6.45, 7) is 0. The monoisotopic (exact) mass is 269 g/mol. The molecular formula is C11H6ClF2N3O. The van der Waals surface area contributed by atoms with E-state index in [1.54, 1.807) is 0 Å². The van der Waals surface area contributed by atoms with Gasteiger partial charge in [-0.2, -0.15) is 13.8 Å². The second-order valence-corrected chi connectivity index (χ2v) is 3.72. The van der Waals surface area contributed by atoms with Crippen LogP contribution in [-0.2, 0) is 0 Å². The van der Waals surface area contributed by atoms with Gasteiger partial charge in [0, 0.05) is 6.20 Å². The first kappa shape index (κ1) is 12.4.